The fraction of sp³-hybridized carbons (Fsp3) is 0.556. The quantitative estimate of drug-likeness (QED) is 0.396. The molecule has 0 saturated carbocycles. The van der Waals surface area contributed by atoms with Gasteiger partial charge in [-0.3, -0.25) is 9.59 Å². The van der Waals surface area contributed by atoms with Gasteiger partial charge in [0.25, 0.3) is 11.8 Å². The van der Waals surface area contributed by atoms with Crippen molar-refractivity contribution in [3.05, 3.63) is 29.3 Å². The van der Waals surface area contributed by atoms with Gasteiger partial charge in [0.15, 0.2) is 0 Å². The Morgan fingerprint density at radius 3 is 2.04 bits per heavy atom. The fourth-order valence-electron chi connectivity index (χ4n) is 2.05. The number of rotatable bonds is 9. The lowest BCUT2D eigenvalue weighted by Gasteiger charge is -2.19. The van der Waals surface area contributed by atoms with Crippen LogP contribution in [-0.4, -0.2) is 48.8 Å². The van der Waals surface area contributed by atoms with Crippen LogP contribution in [0.1, 0.15) is 54.3 Å². The first-order valence-corrected chi connectivity index (χ1v) is 8.45. The summed E-state index contributed by atoms with van der Waals surface area (Å²) in [6.45, 7) is 7.33. The minimum absolute atomic E-state index is 0.00376. The maximum Gasteiger partial charge on any atom is 0.251 e. The molecule has 0 radical (unpaired) electrons. The summed E-state index contributed by atoms with van der Waals surface area (Å²) in [6, 6.07) is 4.55. The van der Waals surface area contributed by atoms with Gasteiger partial charge in [0, 0.05) is 43.1 Å². The highest BCUT2D eigenvalue weighted by atomic mass is 16.5. The Hall–Kier alpha value is -2.12. The van der Waals surface area contributed by atoms with Crippen LogP contribution in [-0.2, 0) is 4.74 Å². The van der Waals surface area contributed by atoms with E-state index in [1.54, 1.807) is 0 Å². The highest BCUT2D eigenvalue weighted by Gasteiger charge is 2.13. The molecule has 0 spiro atoms. The molecule has 5 N–H and O–H groups in total. The number of carbonyl (C=O) groups excluding carboxylic acids is 2. The Balaban J connectivity index is 2.56. The van der Waals surface area contributed by atoms with Crippen molar-refractivity contribution < 1.29 is 19.4 Å². The lowest BCUT2D eigenvalue weighted by molar-refractivity contribution is -0.00364. The van der Waals surface area contributed by atoms with E-state index in [2.05, 4.69) is 10.6 Å². The van der Waals surface area contributed by atoms with Crippen molar-refractivity contribution in [2.75, 3.05) is 32.0 Å². The molecule has 1 aromatic rings. The van der Waals surface area contributed by atoms with E-state index in [1.807, 2.05) is 20.8 Å². The Morgan fingerprint density at radius 2 is 1.56 bits per heavy atom. The Kier molecular flexibility index (Phi) is 8.37. The molecule has 0 unspecified atom stereocenters. The molecule has 1 aromatic carbocycles. The monoisotopic (exact) mass is 351 g/mol. The van der Waals surface area contributed by atoms with Crippen LogP contribution in [0.25, 0.3) is 0 Å². The zero-order valence-corrected chi connectivity index (χ0v) is 15.2. The summed E-state index contributed by atoms with van der Waals surface area (Å²) in [7, 11) is 0. The third-order valence-corrected chi connectivity index (χ3v) is 3.24. The Bertz CT molecular complexity index is 582. The molecule has 2 amide bonds. The second-order valence-corrected chi connectivity index (χ2v) is 6.75. The molecule has 1 rings (SSSR count). The number of aliphatic hydroxyl groups excluding tert-OH is 1. The van der Waals surface area contributed by atoms with Gasteiger partial charge in [0.2, 0.25) is 0 Å². The summed E-state index contributed by atoms with van der Waals surface area (Å²) in [5.74, 6) is -0.610. The summed E-state index contributed by atoms with van der Waals surface area (Å²) >= 11 is 0. The molecule has 0 aliphatic heterocycles. The molecule has 0 atom stereocenters. The van der Waals surface area contributed by atoms with Gasteiger partial charge in [-0.15, -0.1) is 0 Å². The third kappa shape index (κ3) is 8.51. The van der Waals surface area contributed by atoms with Crippen molar-refractivity contribution in [1.29, 1.82) is 0 Å². The van der Waals surface area contributed by atoms with E-state index in [4.69, 9.17) is 15.6 Å². The van der Waals surface area contributed by atoms with Crippen LogP contribution in [0.15, 0.2) is 18.2 Å². The third-order valence-electron chi connectivity index (χ3n) is 3.24. The van der Waals surface area contributed by atoms with Gasteiger partial charge < -0.3 is 26.2 Å². The molecular formula is C18H29N3O4. The number of hydrogen-bond acceptors (Lipinski definition) is 5. The molecule has 0 aromatic heterocycles. The standard InChI is InChI=1S/C18H29N3O4/c1-18(2,3)25-9-5-7-21-17(24)14-10-13(11-15(19)12-14)16(23)20-6-4-8-22/h10-12,22H,4-9,19H2,1-3H3,(H,20,23)(H,21,24). The number of anilines is 1. The molecule has 25 heavy (non-hydrogen) atoms. The summed E-state index contributed by atoms with van der Waals surface area (Å²) in [5, 5.41) is 14.2. The normalized spacial score (nSPS) is 11.2. The molecule has 0 bridgehead atoms. The highest BCUT2D eigenvalue weighted by molar-refractivity contribution is 6.00. The number of nitrogen functional groups attached to an aromatic ring is 1. The second kappa shape index (κ2) is 10.0. The number of amides is 2. The second-order valence-electron chi connectivity index (χ2n) is 6.75. The highest BCUT2D eigenvalue weighted by Crippen LogP contribution is 2.12. The van der Waals surface area contributed by atoms with E-state index in [-0.39, 0.29) is 24.0 Å². The SMILES string of the molecule is CC(C)(C)OCCCNC(=O)c1cc(N)cc(C(=O)NCCCO)c1. The number of aliphatic hydroxyl groups is 1. The molecule has 0 aliphatic carbocycles. The molecule has 140 valence electrons. The number of nitrogens with one attached hydrogen (secondary N) is 2. The fourth-order valence-corrected chi connectivity index (χ4v) is 2.05. The molecule has 0 saturated heterocycles. The van der Waals surface area contributed by atoms with Crippen LogP contribution in [0.5, 0.6) is 0 Å². The number of carbonyl (C=O) groups is 2. The van der Waals surface area contributed by atoms with Crippen molar-refractivity contribution in [1.82, 2.24) is 10.6 Å². The zero-order valence-electron chi connectivity index (χ0n) is 15.2. The van der Waals surface area contributed by atoms with Gasteiger partial charge in [0.1, 0.15) is 0 Å². The van der Waals surface area contributed by atoms with E-state index in [0.717, 1.165) is 0 Å². The van der Waals surface area contributed by atoms with Gasteiger partial charge in [-0.25, -0.2) is 0 Å². The van der Waals surface area contributed by atoms with Crippen LogP contribution in [0, 0.1) is 0 Å². The van der Waals surface area contributed by atoms with E-state index in [9.17, 15) is 9.59 Å². The van der Waals surface area contributed by atoms with Gasteiger partial charge >= 0.3 is 0 Å². The summed E-state index contributed by atoms with van der Waals surface area (Å²) < 4.78 is 5.59. The summed E-state index contributed by atoms with van der Waals surface area (Å²) in [5.41, 5.74) is 6.60. The molecule has 0 aliphatic rings. The average molecular weight is 351 g/mol. The molecule has 7 nitrogen and oxygen atoms in total. The lowest BCUT2D eigenvalue weighted by atomic mass is 10.1. The van der Waals surface area contributed by atoms with Crippen LogP contribution in [0.4, 0.5) is 5.69 Å². The Morgan fingerprint density at radius 1 is 1.04 bits per heavy atom. The molecule has 0 fully saturated rings. The van der Waals surface area contributed by atoms with Crippen LogP contribution in [0.3, 0.4) is 0 Å². The van der Waals surface area contributed by atoms with Gasteiger partial charge in [0.05, 0.1) is 5.60 Å². The number of ether oxygens (including phenoxy) is 1. The maximum atomic E-state index is 12.2. The lowest BCUT2D eigenvalue weighted by Crippen LogP contribution is -2.28. The van der Waals surface area contributed by atoms with Crippen molar-refractivity contribution in [2.45, 2.75) is 39.2 Å². The van der Waals surface area contributed by atoms with E-state index < -0.39 is 0 Å². The topological polar surface area (TPSA) is 114 Å². The zero-order chi connectivity index (χ0) is 18.9. The molecule has 0 heterocycles. The number of nitrogens with two attached hydrogens (primary N) is 1. The molecule has 7 heteroatoms. The minimum atomic E-state index is -0.326. The first-order chi connectivity index (χ1) is 11.7. The van der Waals surface area contributed by atoms with E-state index >= 15 is 0 Å². The van der Waals surface area contributed by atoms with Crippen LogP contribution < -0.4 is 16.4 Å². The molecular weight excluding hydrogens is 322 g/mol. The smallest absolute Gasteiger partial charge is 0.251 e. The average Bonchev–Trinajstić information content (AvgIpc) is 2.52. The van der Waals surface area contributed by atoms with Gasteiger partial charge in [-0.2, -0.15) is 0 Å². The largest absolute Gasteiger partial charge is 0.399 e. The van der Waals surface area contributed by atoms with Gasteiger partial charge in [-0.05, 0) is 51.8 Å². The first-order valence-electron chi connectivity index (χ1n) is 8.45. The van der Waals surface area contributed by atoms with Crippen molar-refractivity contribution in [2.24, 2.45) is 0 Å². The van der Waals surface area contributed by atoms with Crippen molar-refractivity contribution >= 4 is 17.5 Å². The predicted octanol–water partition coefficient (Wildman–Crippen LogP) is 1.32. The summed E-state index contributed by atoms with van der Waals surface area (Å²) in [4.78, 5) is 24.3. The maximum absolute atomic E-state index is 12.2. The van der Waals surface area contributed by atoms with E-state index in [1.165, 1.54) is 18.2 Å². The first kappa shape index (κ1) is 20.9. The Labute approximate surface area is 148 Å². The van der Waals surface area contributed by atoms with Gasteiger partial charge in [-0.1, -0.05) is 0 Å². The van der Waals surface area contributed by atoms with Crippen molar-refractivity contribution in [3.8, 4) is 0 Å². The predicted molar refractivity (Wildman–Crippen MR) is 97.5 cm³/mol. The van der Waals surface area contributed by atoms with Crippen LogP contribution in [0.2, 0.25) is 0 Å². The number of benzene rings is 1. The number of hydrogen-bond donors (Lipinski definition) is 4. The minimum Gasteiger partial charge on any atom is -0.399 e. The van der Waals surface area contributed by atoms with E-state index in [0.29, 0.717) is 49.4 Å². The van der Waals surface area contributed by atoms with Crippen molar-refractivity contribution in [3.63, 3.8) is 0 Å². The van der Waals surface area contributed by atoms with Crippen LogP contribution >= 0.6 is 0 Å². The summed E-state index contributed by atoms with van der Waals surface area (Å²) in [6.07, 6.45) is 1.16.